The number of aliphatic hydroxyl groups excluding tert-OH is 1. The Balaban J connectivity index is 2.45. The van der Waals surface area contributed by atoms with E-state index in [4.69, 9.17) is 0 Å². The lowest BCUT2D eigenvalue weighted by Crippen LogP contribution is -2.36. The number of hydrogen-bond acceptors (Lipinski definition) is 1. The third kappa shape index (κ3) is 1.11. The van der Waals surface area contributed by atoms with Gasteiger partial charge in [0.1, 0.15) is 0 Å². The molecule has 3 atom stereocenters. The molecular formula is C13H22O. The summed E-state index contributed by atoms with van der Waals surface area (Å²) in [5.74, 6) is 0.329. The third-order valence-corrected chi connectivity index (χ3v) is 5.00. The van der Waals surface area contributed by atoms with E-state index in [1.54, 1.807) is 0 Å². The Morgan fingerprint density at radius 1 is 1.36 bits per heavy atom. The molecule has 2 bridgehead atoms. The second kappa shape index (κ2) is 2.85. The summed E-state index contributed by atoms with van der Waals surface area (Å²) in [6.07, 6.45) is 4.34. The largest absolute Gasteiger partial charge is 0.392 e. The second-order valence-electron chi connectivity index (χ2n) is 6.05. The van der Waals surface area contributed by atoms with E-state index in [0.29, 0.717) is 11.3 Å². The van der Waals surface area contributed by atoms with Gasteiger partial charge in [-0.05, 0) is 30.1 Å². The van der Waals surface area contributed by atoms with Crippen molar-refractivity contribution in [2.75, 3.05) is 0 Å². The minimum Gasteiger partial charge on any atom is -0.392 e. The lowest BCUT2D eigenvalue weighted by molar-refractivity contribution is 0.0310. The zero-order chi connectivity index (χ0) is 10.6. The molecule has 0 aromatic rings. The lowest BCUT2D eigenvalue weighted by Gasteiger charge is -2.40. The Morgan fingerprint density at radius 3 is 2.64 bits per heavy atom. The molecule has 0 amide bonds. The van der Waals surface area contributed by atoms with Gasteiger partial charge in [0.25, 0.3) is 0 Å². The van der Waals surface area contributed by atoms with Crippen LogP contribution in [0.4, 0.5) is 0 Å². The highest BCUT2D eigenvalue weighted by Gasteiger charge is 2.56. The van der Waals surface area contributed by atoms with E-state index in [2.05, 4.69) is 27.4 Å². The van der Waals surface area contributed by atoms with Gasteiger partial charge in [-0.15, -0.1) is 0 Å². The zero-order valence-corrected chi connectivity index (χ0v) is 9.64. The first kappa shape index (κ1) is 10.2. The van der Waals surface area contributed by atoms with E-state index in [-0.39, 0.29) is 11.5 Å². The third-order valence-electron chi connectivity index (χ3n) is 5.00. The Kier molecular flexibility index (Phi) is 2.08. The quantitative estimate of drug-likeness (QED) is 0.587. The van der Waals surface area contributed by atoms with Crippen molar-refractivity contribution in [3.8, 4) is 0 Å². The van der Waals surface area contributed by atoms with Crippen molar-refractivity contribution in [3.63, 3.8) is 0 Å². The van der Waals surface area contributed by atoms with Gasteiger partial charge in [0.05, 0.1) is 6.10 Å². The molecule has 2 rings (SSSR count). The average Bonchev–Trinajstić information content (AvgIpc) is 2.11. The van der Waals surface area contributed by atoms with E-state index in [9.17, 15) is 5.11 Å². The summed E-state index contributed by atoms with van der Waals surface area (Å²) in [4.78, 5) is 0. The Morgan fingerprint density at radius 2 is 2.00 bits per heavy atom. The van der Waals surface area contributed by atoms with Crippen molar-refractivity contribution < 1.29 is 5.11 Å². The van der Waals surface area contributed by atoms with E-state index in [1.165, 1.54) is 18.4 Å². The van der Waals surface area contributed by atoms with Crippen molar-refractivity contribution in [2.24, 2.45) is 16.7 Å². The molecule has 1 nitrogen and oxygen atoms in total. The molecule has 0 spiro atoms. The van der Waals surface area contributed by atoms with E-state index in [0.717, 1.165) is 12.8 Å². The van der Waals surface area contributed by atoms with Crippen molar-refractivity contribution in [1.82, 2.24) is 0 Å². The van der Waals surface area contributed by atoms with Crippen LogP contribution in [0.3, 0.4) is 0 Å². The minimum absolute atomic E-state index is 0.151. The molecule has 80 valence electrons. The first-order valence-corrected chi connectivity index (χ1v) is 5.74. The molecule has 2 aliphatic rings. The summed E-state index contributed by atoms with van der Waals surface area (Å²) in [5.41, 5.74) is 1.87. The van der Waals surface area contributed by atoms with Crippen molar-refractivity contribution >= 4 is 0 Å². The van der Waals surface area contributed by atoms with Gasteiger partial charge in [0.15, 0.2) is 0 Å². The van der Waals surface area contributed by atoms with Crippen LogP contribution >= 0.6 is 0 Å². The highest BCUT2D eigenvalue weighted by molar-refractivity contribution is 5.22. The van der Waals surface area contributed by atoms with Crippen molar-refractivity contribution in [2.45, 2.75) is 52.6 Å². The number of hydrogen-bond donors (Lipinski definition) is 1. The molecule has 0 saturated heterocycles. The topological polar surface area (TPSA) is 20.2 Å². The normalized spacial score (nSPS) is 46.4. The van der Waals surface area contributed by atoms with E-state index >= 15 is 0 Å². The predicted octanol–water partition coefficient (Wildman–Crippen LogP) is 3.14. The molecule has 2 fully saturated rings. The second-order valence-corrected chi connectivity index (χ2v) is 6.05. The minimum atomic E-state index is -0.151. The molecule has 0 aromatic heterocycles. The maximum atomic E-state index is 10.1. The number of fused-ring (bicyclic) bond motifs is 2. The summed E-state index contributed by atoms with van der Waals surface area (Å²) < 4.78 is 0. The Bertz CT molecular complexity index is 266. The van der Waals surface area contributed by atoms with Gasteiger partial charge in [-0.25, -0.2) is 0 Å². The smallest absolute Gasteiger partial charge is 0.0610 e. The van der Waals surface area contributed by atoms with Crippen LogP contribution in [0.25, 0.3) is 0 Å². The van der Waals surface area contributed by atoms with Crippen LogP contribution in [0.2, 0.25) is 0 Å². The van der Waals surface area contributed by atoms with Gasteiger partial charge in [0.2, 0.25) is 0 Å². The fourth-order valence-corrected chi connectivity index (χ4v) is 3.76. The van der Waals surface area contributed by atoms with Gasteiger partial charge in [-0.3, -0.25) is 0 Å². The van der Waals surface area contributed by atoms with Crippen LogP contribution in [0.1, 0.15) is 46.5 Å². The average molecular weight is 194 g/mol. The lowest BCUT2D eigenvalue weighted by atomic mass is 9.64. The molecule has 2 saturated carbocycles. The van der Waals surface area contributed by atoms with Gasteiger partial charge >= 0.3 is 0 Å². The molecule has 0 heterocycles. The van der Waals surface area contributed by atoms with Gasteiger partial charge in [-0.2, -0.15) is 0 Å². The fourth-order valence-electron chi connectivity index (χ4n) is 3.76. The van der Waals surface area contributed by atoms with Crippen LogP contribution in [0, 0.1) is 16.7 Å². The molecule has 1 heteroatoms. The highest BCUT2D eigenvalue weighted by atomic mass is 16.3. The van der Waals surface area contributed by atoms with E-state index < -0.39 is 0 Å². The molecule has 0 aromatic carbocycles. The highest BCUT2D eigenvalue weighted by Crippen LogP contribution is 2.63. The predicted molar refractivity (Wildman–Crippen MR) is 59.0 cm³/mol. The van der Waals surface area contributed by atoms with Crippen molar-refractivity contribution in [1.29, 1.82) is 0 Å². The maximum Gasteiger partial charge on any atom is 0.0610 e. The summed E-state index contributed by atoms with van der Waals surface area (Å²) in [6.45, 7) is 11.2. The Hall–Kier alpha value is -0.300. The standard InChI is InChI=1S/C13H22O/c1-9-8-13(4)7-5-6-10(14)11(9)12(13,2)3/h10-11,14H,1,5-8H2,2-4H3/t10-,11+,13+/m1/s1. The summed E-state index contributed by atoms with van der Waals surface area (Å²) in [6, 6.07) is 0. The van der Waals surface area contributed by atoms with Crippen molar-refractivity contribution in [3.05, 3.63) is 12.2 Å². The molecular weight excluding hydrogens is 172 g/mol. The van der Waals surface area contributed by atoms with Crippen LogP contribution in [-0.2, 0) is 0 Å². The Labute approximate surface area is 87.2 Å². The molecule has 14 heavy (non-hydrogen) atoms. The first-order valence-electron chi connectivity index (χ1n) is 5.74. The fraction of sp³-hybridized carbons (Fsp3) is 0.846. The molecule has 1 N–H and O–H groups in total. The summed E-state index contributed by atoms with van der Waals surface area (Å²) in [5, 5.41) is 10.1. The molecule has 0 unspecified atom stereocenters. The summed E-state index contributed by atoms with van der Waals surface area (Å²) in [7, 11) is 0. The number of aliphatic hydroxyl groups is 1. The van der Waals surface area contributed by atoms with Crippen LogP contribution in [-0.4, -0.2) is 11.2 Å². The van der Waals surface area contributed by atoms with E-state index in [1.807, 2.05) is 0 Å². The number of rotatable bonds is 0. The zero-order valence-electron chi connectivity index (χ0n) is 9.64. The summed E-state index contributed by atoms with van der Waals surface area (Å²) >= 11 is 0. The first-order chi connectivity index (χ1) is 6.38. The van der Waals surface area contributed by atoms with Crippen LogP contribution in [0.15, 0.2) is 12.2 Å². The van der Waals surface area contributed by atoms with Crippen LogP contribution < -0.4 is 0 Å². The molecule has 0 aliphatic heterocycles. The molecule has 2 aliphatic carbocycles. The monoisotopic (exact) mass is 194 g/mol. The SMILES string of the molecule is C=C1C[C@]2(C)CCC[C@@H](O)[C@H]1C2(C)C. The van der Waals surface area contributed by atoms with Gasteiger partial charge in [-0.1, -0.05) is 39.3 Å². The van der Waals surface area contributed by atoms with Gasteiger partial charge < -0.3 is 5.11 Å². The van der Waals surface area contributed by atoms with Crippen LogP contribution in [0.5, 0.6) is 0 Å². The van der Waals surface area contributed by atoms with Gasteiger partial charge in [0, 0.05) is 5.92 Å². The maximum absolute atomic E-state index is 10.1. The molecule has 0 radical (unpaired) electrons.